The van der Waals surface area contributed by atoms with E-state index in [2.05, 4.69) is 45.4 Å². The van der Waals surface area contributed by atoms with Crippen molar-refractivity contribution in [2.24, 2.45) is 5.92 Å². The molecular formula is C26H32N4O2. The monoisotopic (exact) mass is 432 g/mol. The molecule has 1 atom stereocenters. The highest BCUT2D eigenvalue weighted by Gasteiger charge is 2.30. The number of benzene rings is 2. The van der Waals surface area contributed by atoms with Gasteiger partial charge >= 0.3 is 0 Å². The lowest BCUT2D eigenvalue weighted by molar-refractivity contribution is -0.136. The molecule has 0 radical (unpaired) electrons. The first-order valence-corrected chi connectivity index (χ1v) is 11.9. The number of anilines is 1. The number of fused-ring (bicyclic) bond motifs is 1. The number of aliphatic hydroxyl groups excluding tert-OH is 1. The van der Waals surface area contributed by atoms with Crippen LogP contribution in [0.4, 0.5) is 5.69 Å². The standard InChI is InChI=1S/C26H32N4O2/c31-18-26(32)30-14-13-29(17-22(30)15-20-5-2-1-3-6-20)21-10-12-25-23(16-21)24(27-28-25)11-9-19-7-4-8-19/h1-3,5-6,10,12,16,19,22,31H,4,7-9,11,13-15,17-18H2,(H,27,28). The van der Waals surface area contributed by atoms with Crippen molar-refractivity contribution in [3.8, 4) is 0 Å². The van der Waals surface area contributed by atoms with Crippen molar-refractivity contribution in [2.45, 2.75) is 44.6 Å². The molecule has 2 fully saturated rings. The van der Waals surface area contributed by atoms with Crippen molar-refractivity contribution < 1.29 is 9.90 Å². The van der Waals surface area contributed by atoms with E-state index in [-0.39, 0.29) is 11.9 Å². The van der Waals surface area contributed by atoms with Gasteiger partial charge in [0.1, 0.15) is 6.61 Å². The van der Waals surface area contributed by atoms with Gasteiger partial charge < -0.3 is 14.9 Å². The van der Waals surface area contributed by atoms with Crippen LogP contribution < -0.4 is 4.90 Å². The van der Waals surface area contributed by atoms with Gasteiger partial charge in [-0.2, -0.15) is 5.10 Å². The molecule has 1 saturated heterocycles. The van der Waals surface area contributed by atoms with Gasteiger partial charge in [0.05, 0.1) is 11.6 Å². The maximum atomic E-state index is 12.4. The number of amides is 1. The predicted octanol–water partition coefficient (Wildman–Crippen LogP) is 3.55. The lowest BCUT2D eigenvalue weighted by atomic mass is 9.82. The second-order valence-corrected chi connectivity index (χ2v) is 9.27. The molecule has 2 aliphatic rings. The van der Waals surface area contributed by atoms with E-state index in [4.69, 9.17) is 0 Å². The molecule has 0 bridgehead atoms. The summed E-state index contributed by atoms with van der Waals surface area (Å²) in [7, 11) is 0. The summed E-state index contributed by atoms with van der Waals surface area (Å²) in [5.74, 6) is 0.696. The molecule has 1 amide bonds. The van der Waals surface area contributed by atoms with Crippen molar-refractivity contribution >= 4 is 22.5 Å². The fourth-order valence-corrected chi connectivity index (χ4v) is 5.14. The number of aromatic nitrogens is 2. The minimum Gasteiger partial charge on any atom is -0.387 e. The van der Waals surface area contributed by atoms with E-state index in [0.717, 1.165) is 37.4 Å². The lowest BCUT2D eigenvalue weighted by Crippen LogP contribution is -2.56. The van der Waals surface area contributed by atoms with Gasteiger partial charge in [-0.25, -0.2) is 0 Å². The number of aryl methyl sites for hydroxylation is 1. The number of hydrogen-bond acceptors (Lipinski definition) is 4. The summed E-state index contributed by atoms with van der Waals surface area (Å²) in [6, 6.07) is 16.8. The van der Waals surface area contributed by atoms with Crippen LogP contribution in [0.2, 0.25) is 0 Å². The molecule has 1 aromatic heterocycles. The third kappa shape index (κ3) is 4.37. The highest BCUT2D eigenvalue weighted by molar-refractivity contribution is 5.85. The van der Waals surface area contributed by atoms with Crippen molar-refractivity contribution in [3.63, 3.8) is 0 Å². The molecule has 168 valence electrons. The van der Waals surface area contributed by atoms with E-state index < -0.39 is 6.61 Å². The van der Waals surface area contributed by atoms with Gasteiger partial charge in [-0.05, 0) is 48.9 Å². The molecule has 3 aromatic rings. The van der Waals surface area contributed by atoms with E-state index in [1.807, 2.05) is 23.1 Å². The minimum atomic E-state index is -0.434. The minimum absolute atomic E-state index is 0.0314. The van der Waals surface area contributed by atoms with Crippen LogP contribution in [0.15, 0.2) is 48.5 Å². The highest BCUT2D eigenvalue weighted by atomic mass is 16.3. The number of carbonyl (C=O) groups excluding carboxylic acids is 1. The average Bonchev–Trinajstić information content (AvgIpc) is 3.20. The van der Waals surface area contributed by atoms with Gasteiger partial charge in [-0.1, -0.05) is 49.6 Å². The molecule has 32 heavy (non-hydrogen) atoms. The zero-order valence-corrected chi connectivity index (χ0v) is 18.5. The Morgan fingerprint density at radius 1 is 1.12 bits per heavy atom. The summed E-state index contributed by atoms with van der Waals surface area (Å²) in [6.45, 7) is 1.70. The summed E-state index contributed by atoms with van der Waals surface area (Å²) in [6.07, 6.45) is 7.20. The number of carbonyl (C=O) groups is 1. The second kappa shape index (κ2) is 9.33. The maximum absolute atomic E-state index is 12.4. The largest absolute Gasteiger partial charge is 0.387 e. The summed E-state index contributed by atoms with van der Waals surface area (Å²) in [5, 5.41) is 18.5. The van der Waals surface area contributed by atoms with Gasteiger partial charge in [0.2, 0.25) is 5.91 Å². The van der Waals surface area contributed by atoms with Crippen LogP contribution in [0.25, 0.3) is 10.9 Å². The SMILES string of the molecule is O=C(CO)N1CCN(c2ccc3n[nH]c(CCC4CCC4)c3c2)CC1Cc1ccccc1. The van der Waals surface area contributed by atoms with Crippen LogP contribution in [0.1, 0.15) is 36.9 Å². The number of nitrogens with one attached hydrogen (secondary N) is 1. The number of nitrogens with zero attached hydrogens (tertiary/aromatic N) is 3. The average molecular weight is 433 g/mol. The Bertz CT molecular complexity index is 1060. The first-order valence-electron chi connectivity index (χ1n) is 11.9. The van der Waals surface area contributed by atoms with E-state index in [0.29, 0.717) is 6.54 Å². The first-order chi connectivity index (χ1) is 15.7. The fraction of sp³-hybridized carbons (Fsp3) is 0.462. The number of aliphatic hydroxyl groups is 1. The van der Waals surface area contributed by atoms with Gasteiger partial charge in [0, 0.05) is 36.4 Å². The Labute approximate surface area is 189 Å². The number of piperazine rings is 1. The van der Waals surface area contributed by atoms with Crippen LogP contribution in [0.3, 0.4) is 0 Å². The maximum Gasteiger partial charge on any atom is 0.248 e. The molecular weight excluding hydrogens is 400 g/mol. The molecule has 2 N–H and O–H groups in total. The molecule has 6 heteroatoms. The summed E-state index contributed by atoms with van der Waals surface area (Å²) in [4.78, 5) is 16.6. The molecule has 5 rings (SSSR count). The topological polar surface area (TPSA) is 72.5 Å². The van der Waals surface area contributed by atoms with E-state index in [9.17, 15) is 9.90 Å². The smallest absolute Gasteiger partial charge is 0.248 e. The number of H-pyrrole nitrogens is 1. The second-order valence-electron chi connectivity index (χ2n) is 9.27. The van der Waals surface area contributed by atoms with Crippen LogP contribution >= 0.6 is 0 Å². The molecule has 2 heterocycles. The summed E-state index contributed by atoms with van der Waals surface area (Å²) < 4.78 is 0. The highest BCUT2D eigenvalue weighted by Crippen LogP contribution is 2.32. The Morgan fingerprint density at radius 3 is 2.72 bits per heavy atom. The zero-order valence-electron chi connectivity index (χ0n) is 18.5. The van der Waals surface area contributed by atoms with Gasteiger partial charge in [-0.3, -0.25) is 9.89 Å². The Balaban J connectivity index is 1.35. The molecule has 0 spiro atoms. The third-order valence-electron chi connectivity index (χ3n) is 7.26. The van der Waals surface area contributed by atoms with Crippen molar-refractivity contribution in [1.82, 2.24) is 15.1 Å². The van der Waals surface area contributed by atoms with Crippen LogP contribution in [-0.2, 0) is 17.6 Å². The molecule has 1 aliphatic heterocycles. The van der Waals surface area contributed by atoms with Crippen LogP contribution in [0.5, 0.6) is 0 Å². The van der Waals surface area contributed by atoms with Crippen molar-refractivity contribution in [3.05, 3.63) is 59.8 Å². The number of rotatable bonds is 7. The van der Waals surface area contributed by atoms with Crippen LogP contribution in [0, 0.1) is 5.92 Å². The van der Waals surface area contributed by atoms with E-state index >= 15 is 0 Å². The van der Waals surface area contributed by atoms with E-state index in [1.165, 1.54) is 48.0 Å². The molecule has 6 nitrogen and oxygen atoms in total. The fourth-order valence-electron chi connectivity index (χ4n) is 5.14. The van der Waals surface area contributed by atoms with E-state index in [1.54, 1.807) is 0 Å². The Kier molecular flexibility index (Phi) is 6.12. The van der Waals surface area contributed by atoms with Crippen molar-refractivity contribution in [2.75, 3.05) is 31.1 Å². The molecule has 1 saturated carbocycles. The predicted molar refractivity (Wildman–Crippen MR) is 127 cm³/mol. The van der Waals surface area contributed by atoms with Gasteiger partial charge in [-0.15, -0.1) is 0 Å². The number of aromatic amines is 1. The summed E-state index contributed by atoms with van der Waals surface area (Å²) >= 11 is 0. The summed E-state index contributed by atoms with van der Waals surface area (Å²) in [5.41, 5.74) is 4.65. The first kappa shape index (κ1) is 21.0. The lowest BCUT2D eigenvalue weighted by Gasteiger charge is -2.42. The van der Waals surface area contributed by atoms with Gasteiger partial charge in [0.15, 0.2) is 0 Å². The number of hydrogen-bond donors (Lipinski definition) is 2. The molecule has 2 aromatic carbocycles. The Hall–Kier alpha value is -2.86. The quantitative estimate of drug-likeness (QED) is 0.599. The Morgan fingerprint density at radius 2 is 1.97 bits per heavy atom. The molecule has 1 unspecified atom stereocenters. The van der Waals surface area contributed by atoms with Crippen molar-refractivity contribution in [1.29, 1.82) is 0 Å². The van der Waals surface area contributed by atoms with Crippen LogP contribution in [-0.4, -0.2) is 58.4 Å². The zero-order chi connectivity index (χ0) is 21.9. The van der Waals surface area contributed by atoms with Gasteiger partial charge in [0.25, 0.3) is 0 Å². The molecule has 1 aliphatic carbocycles. The third-order valence-corrected chi connectivity index (χ3v) is 7.26. The normalized spacial score (nSPS) is 19.3.